The van der Waals surface area contributed by atoms with E-state index in [4.69, 9.17) is 10.8 Å². The fourth-order valence-electron chi connectivity index (χ4n) is 0.942. The molecule has 2 atom stereocenters. The average Bonchev–Trinajstić information content (AvgIpc) is 2.14. The van der Waals surface area contributed by atoms with E-state index in [1.807, 2.05) is 12.2 Å². The first-order chi connectivity index (χ1) is 3.83. The summed E-state index contributed by atoms with van der Waals surface area (Å²) in [6.45, 7) is 0.240. The first-order valence-corrected chi connectivity index (χ1v) is 2.87. The van der Waals surface area contributed by atoms with Gasteiger partial charge in [-0.05, 0) is 6.42 Å². The fraction of sp³-hybridized carbons (Fsp3) is 0.667. The first kappa shape index (κ1) is 8.95. The average molecular weight is 150 g/mol. The molecular weight excluding hydrogens is 138 g/mol. The lowest BCUT2D eigenvalue weighted by Gasteiger charge is -2.02. The van der Waals surface area contributed by atoms with Crippen LogP contribution in [-0.2, 0) is 0 Å². The molecule has 1 aliphatic carbocycles. The quantitative estimate of drug-likeness (QED) is 0.527. The number of halogens is 1. The SMILES string of the molecule is Cl.NC1C=C[C@@H](CO)C1. The molecule has 3 heteroatoms. The van der Waals surface area contributed by atoms with Gasteiger partial charge in [0.2, 0.25) is 0 Å². The van der Waals surface area contributed by atoms with E-state index in [-0.39, 0.29) is 25.1 Å². The maximum absolute atomic E-state index is 8.58. The van der Waals surface area contributed by atoms with Crippen molar-refractivity contribution in [2.75, 3.05) is 6.61 Å². The second-order valence-electron chi connectivity index (χ2n) is 2.23. The largest absolute Gasteiger partial charge is 0.396 e. The third-order valence-electron chi connectivity index (χ3n) is 1.44. The van der Waals surface area contributed by atoms with E-state index in [1.165, 1.54) is 0 Å². The van der Waals surface area contributed by atoms with Crippen LogP contribution in [0.1, 0.15) is 6.42 Å². The van der Waals surface area contributed by atoms with Gasteiger partial charge in [-0.2, -0.15) is 0 Å². The van der Waals surface area contributed by atoms with Crippen molar-refractivity contribution in [2.24, 2.45) is 11.7 Å². The zero-order chi connectivity index (χ0) is 5.98. The normalized spacial score (nSPS) is 32.2. The molecule has 0 aromatic heterocycles. The zero-order valence-corrected chi connectivity index (χ0v) is 5.97. The molecule has 0 saturated heterocycles. The smallest absolute Gasteiger partial charge is 0.0494 e. The second-order valence-corrected chi connectivity index (χ2v) is 2.23. The van der Waals surface area contributed by atoms with Crippen molar-refractivity contribution in [3.05, 3.63) is 12.2 Å². The molecule has 0 bridgehead atoms. The summed E-state index contributed by atoms with van der Waals surface area (Å²) in [7, 11) is 0. The minimum absolute atomic E-state index is 0. The Bertz CT molecular complexity index is 105. The standard InChI is InChI=1S/C6H11NO.ClH/c7-6-2-1-5(3-6)4-8;/h1-2,5-6,8H,3-4,7H2;1H/t5-,6?;/m1./s1. The molecule has 1 rings (SSSR count). The van der Waals surface area contributed by atoms with Gasteiger partial charge in [-0.25, -0.2) is 0 Å². The number of hydrogen-bond acceptors (Lipinski definition) is 2. The van der Waals surface area contributed by atoms with Crippen LogP contribution >= 0.6 is 12.4 Å². The van der Waals surface area contributed by atoms with Crippen LogP contribution in [0.5, 0.6) is 0 Å². The molecule has 0 heterocycles. The third kappa shape index (κ3) is 2.35. The highest BCUT2D eigenvalue weighted by Gasteiger charge is 2.13. The summed E-state index contributed by atoms with van der Waals surface area (Å²) in [5.74, 6) is 0.324. The van der Waals surface area contributed by atoms with E-state index in [0.29, 0.717) is 5.92 Å². The van der Waals surface area contributed by atoms with Crippen LogP contribution in [0, 0.1) is 5.92 Å². The Morgan fingerprint density at radius 2 is 2.22 bits per heavy atom. The van der Waals surface area contributed by atoms with E-state index in [2.05, 4.69) is 0 Å². The fourth-order valence-corrected chi connectivity index (χ4v) is 0.942. The topological polar surface area (TPSA) is 46.2 Å². The predicted octanol–water partition coefficient (Wildman–Crippen LogP) is 0.304. The summed E-state index contributed by atoms with van der Waals surface area (Å²) in [6.07, 6.45) is 4.84. The van der Waals surface area contributed by atoms with Gasteiger partial charge in [-0.1, -0.05) is 12.2 Å². The molecule has 0 fully saturated rings. The molecule has 0 aromatic rings. The highest BCUT2D eigenvalue weighted by atomic mass is 35.5. The van der Waals surface area contributed by atoms with Gasteiger partial charge < -0.3 is 10.8 Å². The molecule has 0 aliphatic heterocycles. The maximum Gasteiger partial charge on any atom is 0.0494 e. The van der Waals surface area contributed by atoms with Crippen molar-refractivity contribution in [2.45, 2.75) is 12.5 Å². The molecule has 3 N–H and O–H groups in total. The maximum atomic E-state index is 8.58. The van der Waals surface area contributed by atoms with Crippen LogP contribution in [0.25, 0.3) is 0 Å². The van der Waals surface area contributed by atoms with Gasteiger partial charge in [0.15, 0.2) is 0 Å². The molecule has 1 unspecified atom stereocenters. The Balaban J connectivity index is 0.000000640. The zero-order valence-electron chi connectivity index (χ0n) is 5.16. The molecule has 0 spiro atoms. The first-order valence-electron chi connectivity index (χ1n) is 2.87. The van der Waals surface area contributed by atoms with E-state index in [9.17, 15) is 0 Å². The van der Waals surface area contributed by atoms with Crippen LogP contribution in [0.4, 0.5) is 0 Å². The Labute approximate surface area is 61.2 Å². The van der Waals surface area contributed by atoms with Gasteiger partial charge in [0.1, 0.15) is 0 Å². The minimum Gasteiger partial charge on any atom is -0.396 e. The Morgan fingerprint density at radius 1 is 1.56 bits per heavy atom. The van der Waals surface area contributed by atoms with E-state index in [1.54, 1.807) is 0 Å². The van der Waals surface area contributed by atoms with Gasteiger partial charge in [0.25, 0.3) is 0 Å². The number of rotatable bonds is 1. The highest BCUT2D eigenvalue weighted by molar-refractivity contribution is 5.85. The molecule has 0 saturated carbocycles. The van der Waals surface area contributed by atoms with Crippen LogP contribution in [-0.4, -0.2) is 17.8 Å². The van der Waals surface area contributed by atoms with Crippen molar-refractivity contribution in [3.8, 4) is 0 Å². The van der Waals surface area contributed by atoms with Crippen LogP contribution < -0.4 is 5.73 Å². The minimum atomic E-state index is 0. The third-order valence-corrected chi connectivity index (χ3v) is 1.44. The van der Waals surface area contributed by atoms with Crippen LogP contribution in [0.15, 0.2) is 12.2 Å². The van der Waals surface area contributed by atoms with Crippen LogP contribution in [0.2, 0.25) is 0 Å². The van der Waals surface area contributed by atoms with Gasteiger partial charge in [0.05, 0.1) is 0 Å². The lowest BCUT2D eigenvalue weighted by molar-refractivity contribution is 0.249. The monoisotopic (exact) mass is 149 g/mol. The van der Waals surface area contributed by atoms with Crippen molar-refractivity contribution in [3.63, 3.8) is 0 Å². The number of nitrogens with two attached hydrogens (primary N) is 1. The molecule has 0 aromatic carbocycles. The summed E-state index contributed by atoms with van der Waals surface area (Å²) in [5, 5.41) is 8.58. The Kier molecular flexibility index (Phi) is 3.86. The summed E-state index contributed by atoms with van der Waals surface area (Å²) in [5.41, 5.74) is 5.50. The lowest BCUT2D eigenvalue weighted by atomic mass is 10.1. The molecule has 54 valence electrons. The summed E-state index contributed by atoms with van der Waals surface area (Å²) in [4.78, 5) is 0. The molecule has 0 amide bonds. The van der Waals surface area contributed by atoms with Crippen molar-refractivity contribution >= 4 is 12.4 Å². The number of aliphatic hydroxyl groups excluding tert-OH is 1. The summed E-state index contributed by atoms with van der Waals surface area (Å²) in [6, 6.07) is 0.187. The van der Waals surface area contributed by atoms with Gasteiger partial charge in [0, 0.05) is 18.6 Å². The van der Waals surface area contributed by atoms with Crippen molar-refractivity contribution in [1.29, 1.82) is 0 Å². The number of aliphatic hydroxyl groups is 1. The Hall–Kier alpha value is -0.0500. The molecule has 0 radical (unpaired) electrons. The predicted molar refractivity (Wildman–Crippen MR) is 39.6 cm³/mol. The van der Waals surface area contributed by atoms with Crippen LogP contribution in [0.3, 0.4) is 0 Å². The van der Waals surface area contributed by atoms with E-state index >= 15 is 0 Å². The van der Waals surface area contributed by atoms with Crippen molar-refractivity contribution < 1.29 is 5.11 Å². The van der Waals surface area contributed by atoms with Crippen molar-refractivity contribution in [1.82, 2.24) is 0 Å². The molecular formula is C6H12ClNO. The lowest BCUT2D eigenvalue weighted by Crippen LogP contribution is -2.15. The second kappa shape index (κ2) is 3.88. The summed E-state index contributed by atoms with van der Waals surface area (Å²) >= 11 is 0. The van der Waals surface area contributed by atoms with Gasteiger partial charge >= 0.3 is 0 Å². The molecule has 1 aliphatic rings. The van der Waals surface area contributed by atoms with Gasteiger partial charge in [-0.3, -0.25) is 0 Å². The highest BCUT2D eigenvalue weighted by Crippen LogP contribution is 2.14. The number of hydrogen-bond donors (Lipinski definition) is 2. The van der Waals surface area contributed by atoms with E-state index < -0.39 is 0 Å². The summed E-state index contributed by atoms with van der Waals surface area (Å²) < 4.78 is 0. The molecule has 9 heavy (non-hydrogen) atoms. The molecule has 2 nitrogen and oxygen atoms in total. The van der Waals surface area contributed by atoms with E-state index in [0.717, 1.165) is 6.42 Å². The van der Waals surface area contributed by atoms with Gasteiger partial charge in [-0.15, -0.1) is 12.4 Å². The Morgan fingerprint density at radius 3 is 2.44 bits per heavy atom.